The molecule has 1 amide bonds. The zero-order valence-corrected chi connectivity index (χ0v) is 19.4. The molecule has 0 bridgehead atoms. The van der Waals surface area contributed by atoms with E-state index in [4.69, 9.17) is 4.74 Å². The molecule has 1 aromatic carbocycles. The lowest BCUT2D eigenvalue weighted by Gasteiger charge is -2.20. The van der Waals surface area contributed by atoms with Crippen LogP contribution in [0.2, 0.25) is 0 Å². The molecule has 0 unspecified atom stereocenters. The van der Waals surface area contributed by atoms with E-state index >= 15 is 0 Å². The number of hydrogen-bond acceptors (Lipinski definition) is 3. The number of carbonyl (C=O) groups excluding carboxylic acids is 1. The van der Waals surface area contributed by atoms with Crippen LogP contribution in [0.4, 0.5) is 9.18 Å². The maximum absolute atomic E-state index is 13.1. The molecule has 0 radical (unpaired) electrons. The topological polar surface area (TPSA) is 74.8 Å². The van der Waals surface area contributed by atoms with Crippen molar-refractivity contribution in [1.82, 2.24) is 16.0 Å². The lowest BCUT2D eigenvalue weighted by Crippen LogP contribution is -2.42. The second kappa shape index (κ2) is 10.8. The Morgan fingerprint density at radius 1 is 1.14 bits per heavy atom. The van der Waals surface area contributed by atoms with Crippen LogP contribution >= 0.6 is 24.0 Å². The van der Waals surface area contributed by atoms with Crippen molar-refractivity contribution < 1.29 is 13.9 Å². The molecule has 1 saturated carbocycles. The smallest absolute Gasteiger partial charge is 0.407 e. The molecule has 0 heterocycles. The van der Waals surface area contributed by atoms with Crippen LogP contribution in [0.1, 0.15) is 46.1 Å². The van der Waals surface area contributed by atoms with Crippen molar-refractivity contribution in [3.05, 3.63) is 35.6 Å². The first-order valence-corrected chi connectivity index (χ1v) is 9.49. The third kappa shape index (κ3) is 8.20. The van der Waals surface area contributed by atoms with Gasteiger partial charge in [0.05, 0.1) is 6.54 Å². The van der Waals surface area contributed by atoms with E-state index in [9.17, 15) is 9.18 Å². The molecule has 1 aliphatic rings. The van der Waals surface area contributed by atoms with Crippen LogP contribution in [0.25, 0.3) is 0 Å². The highest BCUT2D eigenvalue weighted by molar-refractivity contribution is 14.0. The minimum Gasteiger partial charge on any atom is -0.444 e. The van der Waals surface area contributed by atoms with Crippen LogP contribution in [-0.4, -0.2) is 43.8 Å². The van der Waals surface area contributed by atoms with Gasteiger partial charge in [0.25, 0.3) is 0 Å². The number of halogens is 2. The number of hydrogen-bond donors (Lipinski definition) is 3. The van der Waals surface area contributed by atoms with Gasteiger partial charge in [-0.2, -0.15) is 0 Å². The van der Waals surface area contributed by atoms with Crippen LogP contribution in [0.3, 0.4) is 0 Å². The van der Waals surface area contributed by atoms with Crippen molar-refractivity contribution >= 4 is 36.0 Å². The number of nitrogens with one attached hydrogen (secondary N) is 3. The highest BCUT2D eigenvalue weighted by atomic mass is 127. The maximum atomic E-state index is 13.1. The fourth-order valence-electron chi connectivity index (χ4n) is 2.72. The molecule has 1 aliphatic carbocycles. The van der Waals surface area contributed by atoms with Gasteiger partial charge >= 0.3 is 6.09 Å². The highest BCUT2D eigenvalue weighted by Crippen LogP contribution is 2.48. The second-order valence-corrected chi connectivity index (χ2v) is 7.84. The van der Waals surface area contributed by atoms with E-state index in [1.165, 1.54) is 12.1 Å². The number of alkyl carbamates (subject to hydrolysis) is 1. The average Bonchev–Trinajstić information content (AvgIpc) is 3.36. The van der Waals surface area contributed by atoms with Crippen LogP contribution in [0.5, 0.6) is 0 Å². The predicted octanol–water partition coefficient (Wildman–Crippen LogP) is 3.56. The van der Waals surface area contributed by atoms with Crippen LogP contribution in [0.15, 0.2) is 29.3 Å². The number of nitrogens with zero attached hydrogens (tertiary/aromatic N) is 1. The van der Waals surface area contributed by atoms with Gasteiger partial charge in [0.1, 0.15) is 11.4 Å². The molecular formula is C20H32FIN4O2. The normalized spacial score (nSPS) is 15.2. The van der Waals surface area contributed by atoms with E-state index in [1.54, 1.807) is 0 Å². The summed E-state index contributed by atoms with van der Waals surface area (Å²) in [4.78, 5) is 16.3. The highest BCUT2D eigenvalue weighted by Gasteiger charge is 2.44. The van der Waals surface area contributed by atoms with Gasteiger partial charge in [-0.3, -0.25) is 4.99 Å². The van der Waals surface area contributed by atoms with Gasteiger partial charge in [-0.05, 0) is 58.2 Å². The lowest BCUT2D eigenvalue weighted by molar-refractivity contribution is 0.0529. The summed E-state index contributed by atoms with van der Waals surface area (Å²) in [7, 11) is 0. The van der Waals surface area contributed by atoms with Gasteiger partial charge in [0.2, 0.25) is 0 Å². The number of ether oxygens (including phenoxy) is 1. The first kappa shape index (κ1) is 24.5. The van der Waals surface area contributed by atoms with E-state index in [0.29, 0.717) is 25.6 Å². The van der Waals surface area contributed by atoms with Crippen LogP contribution in [0, 0.1) is 5.82 Å². The molecule has 0 spiro atoms. The molecule has 0 aliphatic heterocycles. The number of guanidine groups is 1. The van der Waals surface area contributed by atoms with Gasteiger partial charge in [0.15, 0.2) is 5.96 Å². The van der Waals surface area contributed by atoms with E-state index in [2.05, 4.69) is 20.9 Å². The van der Waals surface area contributed by atoms with Crippen molar-refractivity contribution in [2.45, 2.75) is 51.6 Å². The van der Waals surface area contributed by atoms with E-state index < -0.39 is 11.7 Å². The molecule has 8 heteroatoms. The summed E-state index contributed by atoms with van der Waals surface area (Å²) < 4.78 is 18.3. The van der Waals surface area contributed by atoms with Crippen molar-refractivity contribution in [3.8, 4) is 0 Å². The third-order valence-corrected chi connectivity index (χ3v) is 4.28. The van der Waals surface area contributed by atoms with Crippen molar-refractivity contribution in [3.63, 3.8) is 0 Å². The molecule has 0 atom stereocenters. The molecule has 1 fully saturated rings. The fourth-order valence-corrected chi connectivity index (χ4v) is 2.72. The van der Waals surface area contributed by atoms with E-state index in [1.807, 2.05) is 39.8 Å². The Bertz CT molecular complexity index is 655. The van der Waals surface area contributed by atoms with Crippen molar-refractivity contribution in [1.29, 1.82) is 0 Å². The maximum Gasteiger partial charge on any atom is 0.407 e. The SMILES string of the molecule is CCNC(=NCC1(c2ccc(F)cc2)CC1)NCCNC(=O)OC(C)(C)C.I. The summed E-state index contributed by atoms with van der Waals surface area (Å²) in [5, 5.41) is 9.12. The summed E-state index contributed by atoms with van der Waals surface area (Å²) in [5.74, 6) is 0.488. The zero-order valence-electron chi connectivity index (χ0n) is 17.1. The molecule has 1 aromatic rings. The minimum absolute atomic E-state index is 0. The average molecular weight is 506 g/mol. The Morgan fingerprint density at radius 2 is 1.75 bits per heavy atom. The Kier molecular flexibility index (Phi) is 9.46. The summed E-state index contributed by atoms with van der Waals surface area (Å²) in [6.45, 7) is 9.85. The fraction of sp³-hybridized carbons (Fsp3) is 0.600. The first-order chi connectivity index (χ1) is 12.7. The number of amides is 1. The Morgan fingerprint density at radius 3 is 2.29 bits per heavy atom. The second-order valence-electron chi connectivity index (χ2n) is 7.84. The van der Waals surface area contributed by atoms with E-state index in [-0.39, 0.29) is 35.2 Å². The predicted molar refractivity (Wildman–Crippen MR) is 121 cm³/mol. The number of benzene rings is 1. The molecule has 2 rings (SSSR count). The third-order valence-electron chi connectivity index (χ3n) is 4.28. The van der Waals surface area contributed by atoms with Crippen LogP contribution in [-0.2, 0) is 10.2 Å². The van der Waals surface area contributed by atoms with Crippen molar-refractivity contribution in [2.75, 3.05) is 26.2 Å². The Balaban J connectivity index is 0.00000392. The molecule has 28 heavy (non-hydrogen) atoms. The molecular weight excluding hydrogens is 474 g/mol. The van der Waals surface area contributed by atoms with Gasteiger partial charge < -0.3 is 20.7 Å². The van der Waals surface area contributed by atoms with E-state index in [0.717, 1.165) is 24.9 Å². The summed E-state index contributed by atoms with van der Waals surface area (Å²) >= 11 is 0. The van der Waals surface area contributed by atoms with Crippen molar-refractivity contribution in [2.24, 2.45) is 4.99 Å². The van der Waals surface area contributed by atoms with Gasteiger partial charge in [-0.15, -0.1) is 24.0 Å². The van der Waals surface area contributed by atoms with Gasteiger partial charge in [-0.1, -0.05) is 12.1 Å². The quantitative estimate of drug-likeness (QED) is 0.229. The summed E-state index contributed by atoms with van der Waals surface area (Å²) in [6.07, 6.45) is 1.68. The standard InChI is InChI=1S/C20H31FN4O2.HI/c1-5-22-17(23-12-13-24-18(26)27-19(2,3)4)25-14-20(10-11-20)15-6-8-16(21)9-7-15;/h6-9H,5,10-14H2,1-4H3,(H,24,26)(H2,22,23,25);1H. The summed E-state index contributed by atoms with van der Waals surface area (Å²) in [6, 6.07) is 6.71. The molecule has 0 saturated heterocycles. The molecule has 3 N–H and O–H groups in total. The number of rotatable bonds is 7. The number of carbonyl (C=O) groups is 1. The molecule has 158 valence electrons. The van der Waals surface area contributed by atoms with Gasteiger partial charge in [0, 0.05) is 25.0 Å². The first-order valence-electron chi connectivity index (χ1n) is 9.49. The minimum atomic E-state index is -0.507. The van der Waals surface area contributed by atoms with Gasteiger partial charge in [-0.25, -0.2) is 9.18 Å². The molecule has 6 nitrogen and oxygen atoms in total. The Hall–Kier alpha value is -1.58. The Labute approximate surface area is 184 Å². The molecule has 0 aromatic heterocycles. The monoisotopic (exact) mass is 506 g/mol. The van der Waals surface area contributed by atoms with Crippen LogP contribution < -0.4 is 16.0 Å². The zero-order chi connectivity index (χ0) is 19.9. The lowest BCUT2D eigenvalue weighted by atomic mass is 9.96. The number of aliphatic imine (C=N–C) groups is 1. The summed E-state index contributed by atoms with van der Waals surface area (Å²) in [5.41, 5.74) is 0.646. The largest absolute Gasteiger partial charge is 0.444 e.